The van der Waals surface area contributed by atoms with Gasteiger partial charge >= 0.3 is 0 Å². The number of aryl methyl sites for hydroxylation is 1. The van der Waals surface area contributed by atoms with Crippen molar-refractivity contribution in [3.63, 3.8) is 0 Å². The van der Waals surface area contributed by atoms with Crippen LogP contribution in [0, 0.1) is 18.0 Å². The molecule has 1 aliphatic rings. The van der Waals surface area contributed by atoms with Gasteiger partial charge in [-0.25, -0.2) is 0 Å². The number of hydrogen-bond donors (Lipinski definition) is 0. The summed E-state index contributed by atoms with van der Waals surface area (Å²) in [7, 11) is 1.88. The van der Waals surface area contributed by atoms with Crippen molar-refractivity contribution in [1.82, 2.24) is 19.6 Å². The molecule has 2 amide bonds. The summed E-state index contributed by atoms with van der Waals surface area (Å²) < 4.78 is 2.33. The molecular formula is C26H31N5O3. The van der Waals surface area contributed by atoms with Gasteiger partial charge in [0.1, 0.15) is 6.54 Å². The van der Waals surface area contributed by atoms with Crippen molar-refractivity contribution in [2.24, 2.45) is 5.92 Å². The fraction of sp³-hybridized carbons (Fsp3) is 0.385. The van der Waals surface area contributed by atoms with E-state index >= 15 is 0 Å². The molecular weight excluding hydrogens is 430 g/mol. The number of piperidine rings is 1. The first-order valence-electron chi connectivity index (χ1n) is 11.7. The van der Waals surface area contributed by atoms with Crippen molar-refractivity contribution in [2.75, 3.05) is 20.1 Å². The van der Waals surface area contributed by atoms with Gasteiger partial charge in [0.25, 0.3) is 5.91 Å². The molecule has 3 heterocycles. The third kappa shape index (κ3) is 5.44. The molecule has 1 aliphatic heterocycles. The van der Waals surface area contributed by atoms with Gasteiger partial charge in [-0.05, 0) is 49.3 Å². The lowest BCUT2D eigenvalue weighted by molar-refractivity contribution is -0.605. The van der Waals surface area contributed by atoms with E-state index in [-0.39, 0.29) is 30.3 Å². The lowest BCUT2D eigenvalue weighted by atomic mass is 9.84. The molecule has 4 rings (SSSR count). The predicted octanol–water partition coefficient (Wildman–Crippen LogP) is 2.45. The number of nitrogens with zero attached hydrogens (tertiary/aromatic N) is 5. The first-order valence-corrected chi connectivity index (χ1v) is 11.7. The number of carbonyl (C=O) groups is 2. The van der Waals surface area contributed by atoms with Crippen molar-refractivity contribution in [3.8, 4) is 0 Å². The van der Waals surface area contributed by atoms with E-state index in [1.54, 1.807) is 29.2 Å². The molecule has 0 bridgehead atoms. The largest absolute Gasteiger partial charge is 0.619 e. The van der Waals surface area contributed by atoms with Crippen LogP contribution >= 0.6 is 0 Å². The minimum absolute atomic E-state index is 0.0241. The fourth-order valence-electron chi connectivity index (χ4n) is 4.74. The number of pyridine rings is 1. The SMILES string of the molecule is Cc1ccccc1C[C@@H](C1CCN(C(=O)c2cc[n+]([O-])cc2)CC1)N(C)C(=O)Cn1cccn1. The number of rotatable bonds is 7. The van der Waals surface area contributed by atoms with Gasteiger partial charge in [-0.1, -0.05) is 24.3 Å². The third-order valence-corrected chi connectivity index (χ3v) is 6.86. The van der Waals surface area contributed by atoms with Gasteiger partial charge < -0.3 is 15.0 Å². The maximum atomic E-state index is 13.1. The maximum Gasteiger partial charge on any atom is 0.254 e. The summed E-state index contributed by atoms with van der Waals surface area (Å²) >= 11 is 0. The first-order chi connectivity index (χ1) is 16.4. The second-order valence-corrected chi connectivity index (χ2v) is 8.98. The highest BCUT2D eigenvalue weighted by Crippen LogP contribution is 2.28. The molecule has 0 spiro atoms. The van der Waals surface area contributed by atoms with Gasteiger partial charge in [0.2, 0.25) is 5.91 Å². The summed E-state index contributed by atoms with van der Waals surface area (Å²) in [5.74, 6) is 0.239. The van der Waals surface area contributed by atoms with Crippen LogP contribution in [0.25, 0.3) is 0 Å². The number of amides is 2. The topological polar surface area (TPSA) is 85.4 Å². The average Bonchev–Trinajstić information content (AvgIpc) is 3.36. The van der Waals surface area contributed by atoms with E-state index in [1.165, 1.54) is 23.5 Å². The molecule has 0 aliphatic carbocycles. The van der Waals surface area contributed by atoms with Crippen LogP contribution in [0.2, 0.25) is 0 Å². The summed E-state index contributed by atoms with van der Waals surface area (Å²) in [6.07, 6.45) is 8.57. The van der Waals surface area contributed by atoms with Crippen molar-refractivity contribution < 1.29 is 14.3 Å². The van der Waals surface area contributed by atoms with Crippen LogP contribution < -0.4 is 4.73 Å². The molecule has 1 atom stereocenters. The van der Waals surface area contributed by atoms with E-state index in [2.05, 4.69) is 24.2 Å². The number of benzene rings is 1. The minimum Gasteiger partial charge on any atom is -0.619 e. The quantitative estimate of drug-likeness (QED) is 0.400. The van der Waals surface area contributed by atoms with Crippen molar-refractivity contribution in [1.29, 1.82) is 0 Å². The minimum atomic E-state index is -0.0578. The van der Waals surface area contributed by atoms with Crippen LogP contribution in [-0.4, -0.2) is 57.6 Å². The number of hydrogen-bond acceptors (Lipinski definition) is 4. The second kappa shape index (κ2) is 10.5. The monoisotopic (exact) mass is 461 g/mol. The summed E-state index contributed by atoms with van der Waals surface area (Å²) in [5, 5.41) is 15.5. The highest BCUT2D eigenvalue weighted by molar-refractivity contribution is 5.94. The summed E-state index contributed by atoms with van der Waals surface area (Å²) in [5.41, 5.74) is 2.97. The zero-order chi connectivity index (χ0) is 24.1. The standard InChI is InChI=1S/C26H31N5O3/c1-20-6-3-4-7-23(20)18-24(28(2)25(32)19-30-13-5-12-27-30)21-8-14-29(15-9-21)26(33)22-10-16-31(34)17-11-22/h3-7,10-13,16-17,21,24H,8-9,14-15,18-19H2,1-2H3/t24-/m0/s1. The van der Waals surface area contributed by atoms with Gasteiger partial charge in [-0.3, -0.25) is 14.3 Å². The highest BCUT2D eigenvalue weighted by Gasteiger charge is 2.33. The Morgan fingerprint density at radius 3 is 2.50 bits per heavy atom. The lowest BCUT2D eigenvalue weighted by Gasteiger charge is -2.40. The lowest BCUT2D eigenvalue weighted by Crippen LogP contribution is -2.49. The van der Waals surface area contributed by atoms with Crippen molar-refractivity contribution >= 4 is 11.8 Å². The van der Waals surface area contributed by atoms with E-state index < -0.39 is 0 Å². The summed E-state index contributed by atoms with van der Waals surface area (Å²) in [6.45, 7) is 3.56. The van der Waals surface area contributed by atoms with E-state index in [9.17, 15) is 14.8 Å². The van der Waals surface area contributed by atoms with Crippen LogP contribution in [-0.2, 0) is 17.8 Å². The zero-order valence-corrected chi connectivity index (χ0v) is 19.7. The Labute approximate surface area is 200 Å². The van der Waals surface area contributed by atoms with Crippen molar-refractivity contribution in [3.05, 3.63) is 89.1 Å². The molecule has 2 aromatic heterocycles. The number of aromatic nitrogens is 3. The highest BCUT2D eigenvalue weighted by atomic mass is 16.5. The Balaban J connectivity index is 1.47. The normalized spacial score (nSPS) is 15.2. The Bertz CT molecular complexity index is 1110. The van der Waals surface area contributed by atoms with E-state index in [4.69, 9.17) is 0 Å². The smallest absolute Gasteiger partial charge is 0.254 e. The van der Waals surface area contributed by atoms with Crippen molar-refractivity contribution in [2.45, 2.75) is 38.8 Å². The molecule has 3 aromatic rings. The van der Waals surface area contributed by atoms with Crippen LogP contribution in [0.15, 0.2) is 67.3 Å². The summed E-state index contributed by atoms with van der Waals surface area (Å²) in [4.78, 5) is 29.7. The van der Waals surface area contributed by atoms with Crippen LogP contribution in [0.1, 0.15) is 34.3 Å². The van der Waals surface area contributed by atoms with Gasteiger partial charge in [-0.15, -0.1) is 0 Å². The molecule has 0 saturated carbocycles. The van der Waals surface area contributed by atoms with E-state index in [1.807, 2.05) is 35.0 Å². The Morgan fingerprint density at radius 1 is 1.15 bits per heavy atom. The number of likely N-dealkylation sites (N-methyl/N-ethyl adjacent to an activating group) is 1. The molecule has 1 saturated heterocycles. The molecule has 0 radical (unpaired) electrons. The first kappa shape index (κ1) is 23.5. The molecule has 1 fully saturated rings. The molecule has 8 heteroatoms. The summed E-state index contributed by atoms with van der Waals surface area (Å²) in [6, 6.07) is 13.3. The molecule has 34 heavy (non-hydrogen) atoms. The van der Waals surface area contributed by atoms with Crippen LogP contribution in [0.5, 0.6) is 0 Å². The molecule has 0 unspecified atom stereocenters. The second-order valence-electron chi connectivity index (χ2n) is 8.98. The Morgan fingerprint density at radius 2 is 1.85 bits per heavy atom. The van der Waals surface area contributed by atoms with Gasteiger partial charge in [0.15, 0.2) is 12.4 Å². The molecule has 8 nitrogen and oxygen atoms in total. The Hall–Kier alpha value is -3.68. The number of likely N-dealkylation sites (tertiary alicyclic amines) is 1. The van der Waals surface area contributed by atoms with Gasteiger partial charge in [0.05, 0.1) is 5.56 Å². The number of carbonyl (C=O) groups excluding carboxylic acids is 2. The molecule has 178 valence electrons. The third-order valence-electron chi connectivity index (χ3n) is 6.86. The molecule has 0 N–H and O–H groups in total. The van der Waals surface area contributed by atoms with E-state index in [0.29, 0.717) is 23.4 Å². The zero-order valence-electron chi connectivity index (χ0n) is 19.7. The van der Waals surface area contributed by atoms with Crippen LogP contribution in [0.3, 0.4) is 0 Å². The predicted molar refractivity (Wildman–Crippen MR) is 128 cm³/mol. The Kier molecular flexibility index (Phi) is 7.25. The maximum absolute atomic E-state index is 13.1. The fourth-order valence-corrected chi connectivity index (χ4v) is 4.74. The molecule has 1 aromatic carbocycles. The van der Waals surface area contributed by atoms with Gasteiger partial charge in [-0.2, -0.15) is 9.83 Å². The average molecular weight is 462 g/mol. The van der Waals surface area contributed by atoms with Crippen LogP contribution in [0.4, 0.5) is 0 Å². The van der Waals surface area contributed by atoms with Gasteiger partial charge in [0, 0.05) is 50.7 Å². The van der Waals surface area contributed by atoms with E-state index in [0.717, 1.165) is 19.3 Å².